The molecular weight excluding hydrogens is 348 g/mol. The Morgan fingerprint density at radius 1 is 1.22 bits per heavy atom. The number of rotatable bonds is 5. The maximum absolute atomic E-state index is 12.8. The molecule has 8 heteroatoms. The number of aromatic nitrogens is 1. The first-order chi connectivity index (χ1) is 12.6. The minimum Gasteiger partial charge on any atom is -0.459 e. The Hall–Kier alpha value is -2.35. The number of ether oxygens (including phenoxy) is 1. The van der Waals surface area contributed by atoms with Crippen LogP contribution in [0.4, 0.5) is 0 Å². The highest BCUT2D eigenvalue weighted by Crippen LogP contribution is 2.20. The Labute approximate surface area is 160 Å². The standard InChI is InChI=1S/C19H30N4O4/c1-12(2)27-19(26)16-13(3)17(20-14(16)4)18(25)22(6)11-15(24)23-9-7-21(5)8-10-23/h12,20H,7-11H2,1-6H3/p+1. The lowest BCUT2D eigenvalue weighted by Crippen LogP contribution is -3.12. The Morgan fingerprint density at radius 3 is 2.37 bits per heavy atom. The third-order valence-corrected chi connectivity index (χ3v) is 4.89. The minimum absolute atomic E-state index is 0.0150. The highest BCUT2D eigenvalue weighted by molar-refractivity contribution is 6.01. The van der Waals surface area contributed by atoms with E-state index in [0.717, 1.165) is 13.1 Å². The molecule has 0 atom stereocenters. The van der Waals surface area contributed by atoms with Crippen molar-refractivity contribution in [3.63, 3.8) is 0 Å². The lowest BCUT2D eigenvalue weighted by molar-refractivity contribution is -0.883. The first-order valence-corrected chi connectivity index (χ1v) is 9.36. The number of hydrogen-bond acceptors (Lipinski definition) is 4. The number of quaternary nitrogens is 1. The summed E-state index contributed by atoms with van der Waals surface area (Å²) < 4.78 is 5.26. The molecule has 1 aliphatic rings. The van der Waals surface area contributed by atoms with Crippen LogP contribution >= 0.6 is 0 Å². The summed E-state index contributed by atoms with van der Waals surface area (Å²) in [7, 11) is 3.71. The number of carbonyl (C=O) groups excluding carboxylic acids is 3. The lowest BCUT2D eigenvalue weighted by Gasteiger charge is -2.31. The molecule has 8 nitrogen and oxygen atoms in total. The van der Waals surface area contributed by atoms with Crippen LogP contribution in [0.2, 0.25) is 0 Å². The minimum atomic E-state index is -0.450. The smallest absolute Gasteiger partial charge is 0.340 e. The molecular formula is C19H31N4O4+. The zero-order valence-corrected chi connectivity index (χ0v) is 17.1. The van der Waals surface area contributed by atoms with Gasteiger partial charge in [-0.3, -0.25) is 9.59 Å². The van der Waals surface area contributed by atoms with E-state index in [1.165, 1.54) is 9.80 Å². The molecule has 0 radical (unpaired) electrons. The zero-order chi connectivity index (χ0) is 20.3. The molecule has 2 heterocycles. The van der Waals surface area contributed by atoms with Crippen molar-refractivity contribution in [1.82, 2.24) is 14.8 Å². The maximum atomic E-state index is 12.8. The van der Waals surface area contributed by atoms with Crippen molar-refractivity contribution < 1.29 is 24.0 Å². The molecule has 2 amide bonds. The van der Waals surface area contributed by atoms with E-state index in [-0.39, 0.29) is 24.5 Å². The van der Waals surface area contributed by atoms with Gasteiger partial charge in [-0.05, 0) is 33.3 Å². The van der Waals surface area contributed by atoms with Crippen LogP contribution in [-0.2, 0) is 9.53 Å². The number of aryl methyl sites for hydroxylation is 1. The van der Waals surface area contributed by atoms with Gasteiger partial charge in [-0.25, -0.2) is 4.79 Å². The summed E-state index contributed by atoms with van der Waals surface area (Å²) in [5, 5.41) is 0. The number of nitrogens with one attached hydrogen (secondary N) is 2. The average Bonchev–Trinajstić information content (AvgIpc) is 2.88. The van der Waals surface area contributed by atoms with Crippen molar-refractivity contribution in [2.75, 3.05) is 46.8 Å². The van der Waals surface area contributed by atoms with Crippen LogP contribution in [-0.4, -0.2) is 85.5 Å². The van der Waals surface area contributed by atoms with Gasteiger partial charge in [0.25, 0.3) is 5.91 Å². The van der Waals surface area contributed by atoms with Crippen LogP contribution in [0.5, 0.6) is 0 Å². The molecule has 27 heavy (non-hydrogen) atoms. The van der Waals surface area contributed by atoms with Crippen LogP contribution in [0.1, 0.15) is 46.0 Å². The molecule has 0 saturated carbocycles. The van der Waals surface area contributed by atoms with E-state index in [0.29, 0.717) is 35.6 Å². The number of piperazine rings is 1. The molecule has 1 aromatic heterocycles. The van der Waals surface area contributed by atoms with E-state index in [1.54, 1.807) is 39.6 Å². The molecule has 0 bridgehead atoms. The van der Waals surface area contributed by atoms with Crippen molar-refractivity contribution >= 4 is 17.8 Å². The van der Waals surface area contributed by atoms with Gasteiger partial charge in [0, 0.05) is 12.7 Å². The molecule has 1 aliphatic heterocycles. The van der Waals surface area contributed by atoms with Crippen molar-refractivity contribution in [3.05, 3.63) is 22.5 Å². The first-order valence-electron chi connectivity index (χ1n) is 9.36. The van der Waals surface area contributed by atoms with E-state index < -0.39 is 5.97 Å². The van der Waals surface area contributed by atoms with Crippen molar-refractivity contribution in [1.29, 1.82) is 0 Å². The van der Waals surface area contributed by atoms with Gasteiger partial charge in [-0.15, -0.1) is 0 Å². The second kappa shape index (κ2) is 8.56. The molecule has 1 saturated heterocycles. The van der Waals surface area contributed by atoms with Crippen LogP contribution in [0.15, 0.2) is 0 Å². The molecule has 150 valence electrons. The van der Waals surface area contributed by atoms with Crippen LogP contribution < -0.4 is 4.90 Å². The first kappa shape index (κ1) is 21.0. The molecule has 0 aliphatic carbocycles. The van der Waals surface area contributed by atoms with Crippen molar-refractivity contribution in [2.24, 2.45) is 0 Å². The monoisotopic (exact) mass is 379 g/mol. The summed E-state index contributed by atoms with van der Waals surface area (Å²) in [4.78, 5) is 45.2. The number of nitrogens with zero attached hydrogens (tertiary/aromatic N) is 2. The van der Waals surface area contributed by atoms with E-state index in [9.17, 15) is 14.4 Å². The SMILES string of the molecule is Cc1[nH]c(C(=O)N(C)CC(=O)N2CC[NH+](C)CC2)c(C)c1C(=O)OC(C)C. The third-order valence-electron chi connectivity index (χ3n) is 4.89. The predicted octanol–water partition coefficient (Wildman–Crippen LogP) is -0.374. The highest BCUT2D eigenvalue weighted by atomic mass is 16.5. The highest BCUT2D eigenvalue weighted by Gasteiger charge is 2.28. The van der Waals surface area contributed by atoms with Crippen molar-refractivity contribution in [3.8, 4) is 0 Å². The number of H-pyrrole nitrogens is 1. The van der Waals surface area contributed by atoms with E-state index >= 15 is 0 Å². The van der Waals surface area contributed by atoms with Crippen molar-refractivity contribution in [2.45, 2.75) is 33.8 Å². The van der Waals surface area contributed by atoms with E-state index in [1.807, 2.05) is 0 Å². The number of aromatic amines is 1. The second-order valence-corrected chi connectivity index (χ2v) is 7.58. The lowest BCUT2D eigenvalue weighted by atomic mass is 10.1. The Bertz CT molecular complexity index is 718. The molecule has 1 aromatic rings. The Morgan fingerprint density at radius 2 is 1.81 bits per heavy atom. The quantitative estimate of drug-likeness (QED) is 0.683. The summed E-state index contributed by atoms with van der Waals surface area (Å²) in [5.41, 5.74) is 1.84. The van der Waals surface area contributed by atoms with Crippen LogP contribution in [0.25, 0.3) is 0 Å². The molecule has 0 spiro atoms. The molecule has 2 N–H and O–H groups in total. The zero-order valence-electron chi connectivity index (χ0n) is 17.1. The molecule has 0 unspecified atom stereocenters. The molecule has 0 aromatic carbocycles. The number of amides is 2. The summed E-state index contributed by atoms with van der Waals surface area (Å²) in [5.74, 6) is -0.819. The fraction of sp³-hybridized carbons (Fsp3) is 0.632. The summed E-state index contributed by atoms with van der Waals surface area (Å²) >= 11 is 0. The second-order valence-electron chi connectivity index (χ2n) is 7.58. The number of carbonyl (C=O) groups is 3. The number of hydrogen-bond donors (Lipinski definition) is 2. The third kappa shape index (κ3) is 4.88. The van der Waals surface area contributed by atoms with Crippen LogP contribution in [0.3, 0.4) is 0 Å². The van der Waals surface area contributed by atoms with Gasteiger partial charge >= 0.3 is 5.97 Å². The topological polar surface area (TPSA) is 87.2 Å². The van der Waals surface area contributed by atoms with Crippen LogP contribution in [0, 0.1) is 13.8 Å². The number of likely N-dealkylation sites (N-methyl/N-ethyl adjacent to an activating group) is 2. The van der Waals surface area contributed by atoms with Gasteiger partial charge in [0.2, 0.25) is 5.91 Å². The largest absolute Gasteiger partial charge is 0.459 e. The molecule has 2 rings (SSSR count). The fourth-order valence-corrected chi connectivity index (χ4v) is 3.25. The van der Waals surface area contributed by atoms with Gasteiger partial charge in [-0.1, -0.05) is 0 Å². The van der Waals surface area contributed by atoms with Gasteiger partial charge in [0.15, 0.2) is 0 Å². The summed E-state index contributed by atoms with van der Waals surface area (Å²) in [6.07, 6.45) is -0.240. The fourth-order valence-electron chi connectivity index (χ4n) is 3.25. The summed E-state index contributed by atoms with van der Waals surface area (Å²) in [6.45, 7) is 10.3. The van der Waals surface area contributed by atoms with Gasteiger partial charge < -0.3 is 24.4 Å². The van der Waals surface area contributed by atoms with E-state index in [2.05, 4.69) is 12.0 Å². The van der Waals surface area contributed by atoms with E-state index in [4.69, 9.17) is 4.74 Å². The predicted molar refractivity (Wildman–Crippen MR) is 101 cm³/mol. The Kier molecular flexibility index (Phi) is 6.64. The summed E-state index contributed by atoms with van der Waals surface area (Å²) in [6, 6.07) is 0. The van der Waals surface area contributed by atoms with Gasteiger partial charge in [-0.2, -0.15) is 0 Å². The van der Waals surface area contributed by atoms with Gasteiger partial charge in [0.05, 0.1) is 51.4 Å². The average molecular weight is 379 g/mol. The van der Waals surface area contributed by atoms with Gasteiger partial charge in [0.1, 0.15) is 5.69 Å². The Balaban J connectivity index is 2.08. The maximum Gasteiger partial charge on any atom is 0.340 e. The number of esters is 1. The normalized spacial score (nSPS) is 15.1. The molecule has 1 fully saturated rings.